The number of nitrogens with one attached hydrogen (secondary N) is 1. The lowest BCUT2D eigenvalue weighted by Crippen LogP contribution is -2.27. The molecule has 0 saturated heterocycles. The molecule has 0 aliphatic heterocycles. The van der Waals surface area contributed by atoms with E-state index in [1.165, 1.54) is 0 Å². The van der Waals surface area contributed by atoms with Crippen LogP contribution in [0.1, 0.15) is 18.0 Å². The fourth-order valence-electron chi connectivity index (χ4n) is 1.20. The van der Waals surface area contributed by atoms with E-state index in [1.54, 1.807) is 18.2 Å². The van der Waals surface area contributed by atoms with Crippen molar-refractivity contribution in [3.63, 3.8) is 0 Å². The summed E-state index contributed by atoms with van der Waals surface area (Å²) in [5.41, 5.74) is 3.69. The quantitative estimate of drug-likeness (QED) is 0.474. The van der Waals surface area contributed by atoms with Crippen molar-refractivity contribution in [2.24, 2.45) is 5.84 Å². The van der Waals surface area contributed by atoms with Crippen molar-refractivity contribution in [1.29, 1.82) is 0 Å². The Labute approximate surface area is 93.7 Å². The molecule has 14 heavy (non-hydrogen) atoms. The van der Waals surface area contributed by atoms with Crippen molar-refractivity contribution in [1.82, 2.24) is 5.43 Å². The summed E-state index contributed by atoms with van der Waals surface area (Å²) in [5, 5.41) is 1.08. The Morgan fingerprint density at radius 2 is 2.14 bits per heavy atom. The largest absolute Gasteiger partial charge is 0.271 e. The Kier molecular flexibility index (Phi) is 4.42. The average Bonchev–Trinajstić information content (AvgIpc) is 2.19. The number of rotatable bonds is 4. The van der Waals surface area contributed by atoms with Gasteiger partial charge in [0.05, 0.1) is 10.0 Å². The molecule has 1 atom stereocenters. The minimum atomic E-state index is 0.0299. The normalized spacial score (nSPS) is 12.5. The fraction of sp³-hybridized carbons (Fsp3) is 0.200. The predicted octanol–water partition coefficient (Wildman–Crippen LogP) is 3.07. The molecule has 0 saturated carbocycles. The SMILES string of the molecule is C=CCC(NN)c1ccc(Cl)c(Cl)c1. The fourth-order valence-corrected chi connectivity index (χ4v) is 1.50. The molecule has 0 radical (unpaired) electrons. The lowest BCUT2D eigenvalue weighted by molar-refractivity contribution is 0.561. The summed E-state index contributed by atoms with van der Waals surface area (Å²) >= 11 is 11.7. The third-order valence-corrected chi connectivity index (χ3v) is 2.69. The molecular formula is C10H12Cl2N2. The zero-order chi connectivity index (χ0) is 10.6. The van der Waals surface area contributed by atoms with E-state index in [2.05, 4.69) is 12.0 Å². The zero-order valence-corrected chi connectivity index (χ0v) is 9.15. The standard InChI is InChI=1S/C10H12Cl2N2/c1-2-3-10(14-13)7-4-5-8(11)9(12)6-7/h2,4-6,10,14H,1,3,13H2. The molecule has 0 amide bonds. The number of hydrogen-bond acceptors (Lipinski definition) is 2. The van der Waals surface area contributed by atoms with Gasteiger partial charge in [-0.2, -0.15) is 0 Å². The first-order valence-corrected chi connectivity index (χ1v) is 4.96. The van der Waals surface area contributed by atoms with E-state index < -0.39 is 0 Å². The highest BCUT2D eigenvalue weighted by Crippen LogP contribution is 2.26. The van der Waals surface area contributed by atoms with E-state index in [9.17, 15) is 0 Å². The van der Waals surface area contributed by atoms with Crippen LogP contribution in [-0.4, -0.2) is 0 Å². The summed E-state index contributed by atoms with van der Waals surface area (Å²) in [7, 11) is 0. The molecule has 0 heterocycles. The van der Waals surface area contributed by atoms with Crippen molar-refractivity contribution >= 4 is 23.2 Å². The van der Waals surface area contributed by atoms with Gasteiger partial charge in [-0.05, 0) is 24.1 Å². The molecule has 4 heteroatoms. The van der Waals surface area contributed by atoms with Gasteiger partial charge in [0.25, 0.3) is 0 Å². The third-order valence-electron chi connectivity index (χ3n) is 1.95. The van der Waals surface area contributed by atoms with Gasteiger partial charge >= 0.3 is 0 Å². The minimum absolute atomic E-state index is 0.0299. The molecule has 0 aliphatic rings. The van der Waals surface area contributed by atoms with Crippen LogP contribution < -0.4 is 11.3 Å². The molecule has 0 spiro atoms. The Bertz CT molecular complexity index is 326. The smallest absolute Gasteiger partial charge is 0.0595 e. The van der Waals surface area contributed by atoms with Crippen LogP contribution in [0.15, 0.2) is 30.9 Å². The van der Waals surface area contributed by atoms with Gasteiger partial charge < -0.3 is 0 Å². The van der Waals surface area contributed by atoms with E-state index in [0.29, 0.717) is 10.0 Å². The second kappa shape index (κ2) is 5.37. The average molecular weight is 231 g/mol. The Balaban J connectivity index is 2.93. The number of nitrogens with two attached hydrogens (primary N) is 1. The molecule has 1 unspecified atom stereocenters. The molecule has 0 bridgehead atoms. The van der Waals surface area contributed by atoms with Gasteiger partial charge in [-0.1, -0.05) is 35.3 Å². The van der Waals surface area contributed by atoms with Gasteiger partial charge in [0.2, 0.25) is 0 Å². The lowest BCUT2D eigenvalue weighted by Gasteiger charge is -2.14. The first kappa shape index (κ1) is 11.5. The van der Waals surface area contributed by atoms with Crippen molar-refractivity contribution in [2.75, 3.05) is 0 Å². The van der Waals surface area contributed by atoms with E-state index >= 15 is 0 Å². The highest BCUT2D eigenvalue weighted by atomic mass is 35.5. The number of hydrazine groups is 1. The molecule has 1 aromatic carbocycles. The van der Waals surface area contributed by atoms with Gasteiger partial charge in [0.15, 0.2) is 0 Å². The first-order chi connectivity index (χ1) is 6.69. The molecule has 76 valence electrons. The van der Waals surface area contributed by atoms with Crippen LogP contribution in [0.25, 0.3) is 0 Å². The number of halogens is 2. The van der Waals surface area contributed by atoms with Crippen LogP contribution in [0.2, 0.25) is 10.0 Å². The van der Waals surface area contributed by atoms with E-state index in [0.717, 1.165) is 12.0 Å². The summed E-state index contributed by atoms with van der Waals surface area (Å²) in [6.07, 6.45) is 2.54. The lowest BCUT2D eigenvalue weighted by atomic mass is 10.0. The topological polar surface area (TPSA) is 38.0 Å². The highest BCUT2D eigenvalue weighted by Gasteiger charge is 2.08. The molecule has 1 rings (SSSR count). The van der Waals surface area contributed by atoms with E-state index in [-0.39, 0.29) is 6.04 Å². The second-order valence-electron chi connectivity index (χ2n) is 2.92. The van der Waals surface area contributed by atoms with Crippen LogP contribution in [0.3, 0.4) is 0 Å². The maximum absolute atomic E-state index is 5.89. The number of benzene rings is 1. The Hall–Kier alpha value is -0.540. The summed E-state index contributed by atoms with van der Waals surface area (Å²) in [6.45, 7) is 3.66. The molecule has 0 aromatic heterocycles. The summed E-state index contributed by atoms with van der Waals surface area (Å²) in [5.74, 6) is 5.41. The predicted molar refractivity (Wildman–Crippen MR) is 61.3 cm³/mol. The van der Waals surface area contributed by atoms with Crippen LogP contribution >= 0.6 is 23.2 Å². The van der Waals surface area contributed by atoms with Crippen molar-refractivity contribution in [2.45, 2.75) is 12.5 Å². The van der Waals surface area contributed by atoms with Crippen LogP contribution in [0.5, 0.6) is 0 Å². The molecule has 0 fully saturated rings. The number of hydrogen-bond donors (Lipinski definition) is 2. The van der Waals surface area contributed by atoms with Gasteiger partial charge in [0.1, 0.15) is 0 Å². The van der Waals surface area contributed by atoms with Crippen molar-refractivity contribution in [3.05, 3.63) is 46.5 Å². The minimum Gasteiger partial charge on any atom is -0.271 e. The molecule has 2 nitrogen and oxygen atoms in total. The van der Waals surface area contributed by atoms with Crippen molar-refractivity contribution in [3.8, 4) is 0 Å². The first-order valence-electron chi connectivity index (χ1n) is 4.21. The highest BCUT2D eigenvalue weighted by molar-refractivity contribution is 6.42. The van der Waals surface area contributed by atoms with E-state index in [4.69, 9.17) is 29.0 Å². The van der Waals surface area contributed by atoms with Crippen LogP contribution in [0.4, 0.5) is 0 Å². The maximum Gasteiger partial charge on any atom is 0.0595 e. The summed E-state index contributed by atoms with van der Waals surface area (Å²) < 4.78 is 0. The van der Waals surface area contributed by atoms with Gasteiger partial charge in [-0.25, -0.2) is 0 Å². The monoisotopic (exact) mass is 230 g/mol. The molecule has 1 aromatic rings. The second-order valence-corrected chi connectivity index (χ2v) is 3.73. The maximum atomic E-state index is 5.89. The Morgan fingerprint density at radius 3 is 2.64 bits per heavy atom. The molecule has 3 N–H and O–H groups in total. The zero-order valence-electron chi connectivity index (χ0n) is 7.63. The van der Waals surface area contributed by atoms with Gasteiger partial charge in [-0.15, -0.1) is 6.58 Å². The molecular weight excluding hydrogens is 219 g/mol. The third kappa shape index (κ3) is 2.72. The van der Waals surface area contributed by atoms with Crippen molar-refractivity contribution < 1.29 is 0 Å². The Morgan fingerprint density at radius 1 is 1.43 bits per heavy atom. The summed E-state index contributed by atoms with van der Waals surface area (Å²) in [4.78, 5) is 0. The molecule has 0 aliphatic carbocycles. The van der Waals surface area contributed by atoms with E-state index in [1.807, 2.05) is 6.07 Å². The van der Waals surface area contributed by atoms with Gasteiger partial charge in [0, 0.05) is 6.04 Å². The van der Waals surface area contributed by atoms with Crippen LogP contribution in [-0.2, 0) is 0 Å². The van der Waals surface area contributed by atoms with Crippen LogP contribution in [0, 0.1) is 0 Å². The van der Waals surface area contributed by atoms with Gasteiger partial charge in [-0.3, -0.25) is 11.3 Å². The summed E-state index contributed by atoms with van der Waals surface area (Å²) in [6, 6.07) is 5.48.